The largest absolute Gasteiger partial charge is 0.338 e. The van der Waals surface area contributed by atoms with Gasteiger partial charge in [-0.1, -0.05) is 13.8 Å². The second-order valence-corrected chi connectivity index (χ2v) is 4.63. The third-order valence-electron chi connectivity index (χ3n) is 3.43. The second kappa shape index (κ2) is 2.98. The minimum Gasteiger partial charge on any atom is -0.338 e. The molecule has 1 amide bonds. The molecule has 1 saturated heterocycles. The normalized spacial score (nSPS) is 37.5. The molecule has 74 valence electrons. The van der Waals surface area contributed by atoms with Gasteiger partial charge in [-0.05, 0) is 18.8 Å². The van der Waals surface area contributed by atoms with Crippen molar-refractivity contribution in [1.82, 2.24) is 4.90 Å². The molecule has 1 aliphatic heterocycles. The van der Waals surface area contributed by atoms with E-state index in [0.29, 0.717) is 12.0 Å². The van der Waals surface area contributed by atoms with Crippen molar-refractivity contribution in [2.24, 2.45) is 17.6 Å². The van der Waals surface area contributed by atoms with Crippen LogP contribution in [0.25, 0.3) is 0 Å². The van der Waals surface area contributed by atoms with Crippen LogP contribution >= 0.6 is 0 Å². The summed E-state index contributed by atoms with van der Waals surface area (Å²) in [7, 11) is 0. The molecule has 1 aliphatic carbocycles. The van der Waals surface area contributed by atoms with E-state index in [1.54, 1.807) is 0 Å². The number of piperidine rings is 1. The van der Waals surface area contributed by atoms with Crippen LogP contribution in [0.15, 0.2) is 0 Å². The van der Waals surface area contributed by atoms with Crippen molar-refractivity contribution in [2.45, 2.75) is 38.8 Å². The molecule has 3 atom stereocenters. The van der Waals surface area contributed by atoms with Gasteiger partial charge in [-0.2, -0.15) is 0 Å². The van der Waals surface area contributed by atoms with Gasteiger partial charge in [0.2, 0.25) is 5.91 Å². The molecule has 0 radical (unpaired) electrons. The Hall–Kier alpha value is -0.570. The summed E-state index contributed by atoms with van der Waals surface area (Å²) in [5.41, 5.74) is 6.02. The zero-order chi connectivity index (χ0) is 9.59. The Balaban J connectivity index is 2.08. The average Bonchev–Trinajstić information content (AvgIpc) is 2.60. The maximum absolute atomic E-state index is 11.8. The SMILES string of the molecule is CC(C)C(=O)N1C[C@H]2CCC1[C@@H]2N. The summed E-state index contributed by atoms with van der Waals surface area (Å²) in [5, 5.41) is 0. The molecular formula is C10H18N2O. The van der Waals surface area contributed by atoms with Crippen LogP contribution in [-0.4, -0.2) is 29.4 Å². The van der Waals surface area contributed by atoms with Gasteiger partial charge >= 0.3 is 0 Å². The molecule has 2 rings (SSSR count). The van der Waals surface area contributed by atoms with Crippen molar-refractivity contribution < 1.29 is 4.79 Å². The van der Waals surface area contributed by atoms with Crippen LogP contribution in [0.5, 0.6) is 0 Å². The van der Waals surface area contributed by atoms with Gasteiger partial charge < -0.3 is 10.6 Å². The molecule has 0 aromatic heterocycles. The molecule has 2 N–H and O–H groups in total. The molecule has 0 spiro atoms. The lowest BCUT2D eigenvalue weighted by atomic mass is 10.1. The number of fused-ring (bicyclic) bond motifs is 2. The van der Waals surface area contributed by atoms with E-state index in [0.717, 1.165) is 13.0 Å². The minimum absolute atomic E-state index is 0.117. The summed E-state index contributed by atoms with van der Waals surface area (Å²) in [4.78, 5) is 13.8. The highest BCUT2D eigenvalue weighted by Crippen LogP contribution is 2.37. The summed E-state index contributed by atoms with van der Waals surface area (Å²) in [6.07, 6.45) is 2.33. The fourth-order valence-corrected chi connectivity index (χ4v) is 2.63. The lowest BCUT2D eigenvalue weighted by Gasteiger charge is -2.28. The van der Waals surface area contributed by atoms with Crippen LogP contribution in [0.4, 0.5) is 0 Å². The van der Waals surface area contributed by atoms with Crippen molar-refractivity contribution in [3.8, 4) is 0 Å². The zero-order valence-electron chi connectivity index (χ0n) is 8.36. The van der Waals surface area contributed by atoms with Gasteiger partial charge in [0, 0.05) is 24.5 Å². The number of carbonyl (C=O) groups excluding carboxylic acids is 1. The quantitative estimate of drug-likeness (QED) is 0.645. The van der Waals surface area contributed by atoms with E-state index in [9.17, 15) is 4.79 Å². The zero-order valence-corrected chi connectivity index (χ0v) is 8.36. The van der Waals surface area contributed by atoms with Crippen molar-refractivity contribution in [2.75, 3.05) is 6.54 Å². The molecule has 3 nitrogen and oxygen atoms in total. The van der Waals surface area contributed by atoms with Gasteiger partial charge in [0.15, 0.2) is 0 Å². The van der Waals surface area contributed by atoms with Gasteiger partial charge in [0.25, 0.3) is 0 Å². The highest BCUT2D eigenvalue weighted by molar-refractivity contribution is 5.79. The van der Waals surface area contributed by atoms with E-state index in [2.05, 4.69) is 0 Å². The predicted octanol–water partition coefficient (Wildman–Crippen LogP) is 0.591. The molecule has 1 unspecified atom stereocenters. The van der Waals surface area contributed by atoms with Crippen molar-refractivity contribution in [3.63, 3.8) is 0 Å². The maximum Gasteiger partial charge on any atom is 0.225 e. The standard InChI is InChI=1S/C10H18N2O/c1-6(2)10(13)12-5-7-3-4-8(12)9(7)11/h6-9H,3-5,11H2,1-2H3/t7-,8?,9-/m1/s1. The number of hydrogen-bond donors (Lipinski definition) is 1. The molecular weight excluding hydrogens is 164 g/mol. The molecule has 1 heterocycles. The molecule has 3 heteroatoms. The molecule has 2 aliphatic rings. The summed E-state index contributed by atoms with van der Waals surface area (Å²) < 4.78 is 0. The Morgan fingerprint density at radius 1 is 1.46 bits per heavy atom. The number of hydrogen-bond acceptors (Lipinski definition) is 2. The van der Waals surface area contributed by atoms with Crippen LogP contribution in [0.3, 0.4) is 0 Å². The van der Waals surface area contributed by atoms with E-state index in [1.807, 2.05) is 18.7 Å². The lowest BCUT2D eigenvalue weighted by Crippen LogP contribution is -2.43. The Morgan fingerprint density at radius 3 is 2.54 bits per heavy atom. The first-order valence-corrected chi connectivity index (χ1v) is 5.17. The van der Waals surface area contributed by atoms with E-state index in [1.165, 1.54) is 6.42 Å². The molecule has 0 aromatic rings. The first-order valence-electron chi connectivity index (χ1n) is 5.17. The van der Waals surface area contributed by atoms with E-state index < -0.39 is 0 Å². The fraction of sp³-hybridized carbons (Fsp3) is 0.900. The van der Waals surface area contributed by atoms with Crippen LogP contribution in [0, 0.1) is 11.8 Å². The Labute approximate surface area is 79.3 Å². The third kappa shape index (κ3) is 1.26. The summed E-state index contributed by atoms with van der Waals surface area (Å²) >= 11 is 0. The topological polar surface area (TPSA) is 46.3 Å². The van der Waals surface area contributed by atoms with E-state index >= 15 is 0 Å². The minimum atomic E-state index is 0.117. The fourth-order valence-electron chi connectivity index (χ4n) is 2.63. The summed E-state index contributed by atoms with van der Waals surface area (Å²) in [6.45, 7) is 4.82. The van der Waals surface area contributed by atoms with Crippen LogP contribution in [0.1, 0.15) is 26.7 Å². The number of carbonyl (C=O) groups is 1. The van der Waals surface area contributed by atoms with Crippen LogP contribution in [-0.2, 0) is 4.79 Å². The monoisotopic (exact) mass is 182 g/mol. The molecule has 2 bridgehead atoms. The Kier molecular flexibility index (Phi) is 2.06. The first kappa shape index (κ1) is 9.00. The number of amides is 1. The van der Waals surface area contributed by atoms with Crippen LogP contribution in [0.2, 0.25) is 0 Å². The Bertz CT molecular complexity index is 227. The van der Waals surface area contributed by atoms with Gasteiger partial charge in [0.05, 0.1) is 0 Å². The van der Waals surface area contributed by atoms with Crippen molar-refractivity contribution in [3.05, 3.63) is 0 Å². The first-order chi connectivity index (χ1) is 6.11. The molecule has 1 saturated carbocycles. The number of nitrogens with zero attached hydrogens (tertiary/aromatic N) is 1. The number of rotatable bonds is 1. The third-order valence-corrected chi connectivity index (χ3v) is 3.43. The highest BCUT2D eigenvalue weighted by atomic mass is 16.2. The van der Waals surface area contributed by atoms with Gasteiger partial charge in [-0.3, -0.25) is 4.79 Å². The summed E-state index contributed by atoms with van der Waals surface area (Å²) in [5.74, 6) is 0.974. The molecule has 2 fully saturated rings. The van der Waals surface area contributed by atoms with Crippen molar-refractivity contribution >= 4 is 5.91 Å². The smallest absolute Gasteiger partial charge is 0.225 e. The van der Waals surface area contributed by atoms with Gasteiger partial charge in [-0.15, -0.1) is 0 Å². The van der Waals surface area contributed by atoms with Gasteiger partial charge in [0.1, 0.15) is 0 Å². The van der Waals surface area contributed by atoms with Crippen molar-refractivity contribution in [1.29, 1.82) is 0 Å². The highest BCUT2D eigenvalue weighted by Gasteiger charge is 2.46. The maximum atomic E-state index is 11.8. The van der Waals surface area contributed by atoms with E-state index in [4.69, 9.17) is 5.73 Å². The molecule has 13 heavy (non-hydrogen) atoms. The number of nitrogens with two attached hydrogens (primary N) is 1. The van der Waals surface area contributed by atoms with Crippen LogP contribution < -0.4 is 5.73 Å². The average molecular weight is 182 g/mol. The molecule has 0 aromatic carbocycles. The second-order valence-electron chi connectivity index (χ2n) is 4.63. The summed E-state index contributed by atoms with van der Waals surface area (Å²) in [6, 6.07) is 0.600. The number of likely N-dealkylation sites (tertiary alicyclic amines) is 1. The Morgan fingerprint density at radius 2 is 2.15 bits per heavy atom. The predicted molar refractivity (Wildman–Crippen MR) is 51.0 cm³/mol. The van der Waals surface area contributed by atoms with E-state index in [-0.39, 0.29) is 17.9 Å². The van der Waals surface area contributed by atoms with Gasteiger partial charge in [-0.25, -0.2) is 0 Å². The lowest BCUT2D eigenvalue weighted by molar-refractivity contribution is -0.136.